The summed E-state index contributed by atoms with van der Waals surface area (Å²) in [7, 11) is 0. The van der Waals surface area contributed by atoms with Gasteiger partial charge in [-0.3, -0.25) is 0 Å². The van der Waals surface area contributed by atoms with E-state index in [0.29, 0.717) is 5.75 Å². The zero-order chi connectivity index (χ0) is 13.1. The van der Waals surface area contributed by atoms with Crippen LogP contribution >= 0.6 is 0 Å². The highest BCUT2D eigenvalue weighted by atomic mass is 16.5. The van der Waals surface area contributed by atoms with E-state index in [2.05, 4.69) is 6.58 Å². The van der Waals surface area contributed by atoms with Crippen molar-refractivity contribution in [1.29, 1.82) is 0 Å². The van der Waals surface area contributed by atoms with Crippen LogP contribution in [0.4, 0.5) is 0 Å². The number of ether oxygens (including phenoxy) is 1. The molecule has 0 aliphatic heterocycles. The van der Waals surface area contributed by atoms with Crippen LogP contribution in [0.2, 0.25) is 0 Å². The summed E-state index contributed by atoms with van der Waals surface area (Å²) < 4.78 is 5.21. The molecular weight excluding hydrogens is 214 g/mol. The molecule has 3 nitrogen and oxygen atoms in total. The van der Waals surface area contributed by atoms with Crippen LogP contribution in [0.5, 0.6) is 5.75 Å². The Morgan fingerprint density at radius 1 is 1.53 bits per heavy atom. The van der Waals surface area contributed by atoms with Gasteiger partial charge in [0.05, 0.1) is 0 Å². The molecule has 92 valence electrons. The molecule has 0 bridgehead atoms. The predicted octanol–water partition coefficient (Wildman–Crippen LogP) is 2.53. The van der Waals surface area contributed by atoms with Gasteiger partial charge in [-0.2, -0.15) is 0 Å². The molecule has 0 spiro atoms. The number of carbonyl (C=O) groups is 1. The highest BCUT2D eigenvalue weighted by Gasteiger charge is 2.20. The molecule has 0 aliphatic rings. The Balaban J connectivity index is 3.23. The summed E-state index contributed by atoms with van der Waals surface area (Å²) in [6.45, 7) is 9.26. The Morgan fingerprint density at radius 3 is 2.65 bits per heavy atom. The highest BCUT2D eigenvalue weighted by Crippen LogP contribution is 2.29. The van der Waals surface area contributed by atoms with Gasteiger partial charge in [0, 0.05) is 11.6 Å². The Kier molecular flexibility index (Phi) is 4.07. The monoisotopic (exact) mass is 233 g/mol. The summed E-state index contributed by atoms with van der Waals surface area (Å²) in [5.41, 5.74) is 7.61. The van der Waals surface area contributed by atoms with Gasteiger partial charge < -0.3 is 10.5 Å². The lowest BCUT2D eigenvalue weighted by atomic mass is 9.89. The van der Waals surface area contributed by atoms with E-state index in [9.17, 15) is 4.79 Å². The lowest BCUT2D eigenvalue weighted by Gasteiger charge is -2.24. The maximum absolute atomic E-state index is 11.2. The van der Waals surface area contributed by atoms with Gasteiger partial charge in [0.1, 0.15) is 5.75 Å². The molecule has 0 aliphatic carbocycles. The molecule has 0 atom stereocenters. The largest absolute Gasteiger partial charge is 0.423 e. The van der Waals surface area contributed by atoms with Gasteiger partial charge >= 0.3 is 5.97 Å². The van der Waals surface area contributed by atoms with E-state index in [1.54, 1.807) is 6.07 Å². The summed E-state index contributed by atoms with van der Waals surface area (Å²) in [6.07, 6.45) is 1.91. The van der Waals surface area contributed by atoms with Gasteiger partial charge in [-0.15, -0.1) is 0 Å². The van der Waals surface area contributed by atoms with Crippen LogP contribution in [-0.4, -0.2) is 5.97 Å². The van der Waals surface area contributed by atoms with Crippen molar-refractivity contribution < 1.29 is 9.53 Å². The summed E-state index contributed by atoms with van der Waals surface area (Å²) in [6, 6.07) is 5.58. The summed E-state index contributed by atoms with van der Waals surface area (Å²) in [5, 5.41) is 0. The third-order valence-corrected chi connectivity index (χ3v) is 2.56. The first-order valence-electron chi connectivity index (χ1n) is 5.65. The van der Waals surface area contributed by atoms with Crippen molar-refractivity contribution in [3.05, 3.63) is 42.0 Å². The first-order chi connectivity index (χ1) is 7.90. The normalized spacial score (nSPS) is 11.1. The van der Waals surface area contributed by atoms with Crippen LogP contribution in [0.15, 0.2) is 30.9 Å². The summed E-state index contributed by atoms with van der Waals surface area (Å²) in [5.74, 6) is 0.111. The SMILES string of the molecule is C=CC(=O)Oc1cccc(C(C)(C)N)c1CC. The van der Waals surface area contributed by atoms with E-state index in [1.807, 2.05) is 32.9 Å². The Morgan fingerprint density at radius 2 is 2.18 bits per heavy atom. The number of nitrogens with two attached hydrogens (primary N) is 1. The quantitative estimate of drug-likeness (QED) is 0.494. The number of rotatable bonds is 4. The smallest absolute Gasteiger partial charge is 0.335 e. The van der Waals surface area contributed by atoms with Gasteiger partial charge in [-0.05, 0) is 37.5 Å². The number of hydrogen-bond donors (Lipinski definition) is 1. The van der Waals surface area contributed by atoms with Crippen molar-refractivity contribution in [2.75, 3.05) is 0 Å². The molecule has 0 saturated heterocycles. The molecule has 0 heterocycles. The molecule has 0 fully saturated rings. The van der Waals surface area contributed by atoms with E-state index in [0.717, 1.165) is 23.6 Å². The third kappa shape index (κ3) is 3.17. The molecule has 2 N–H and O–H groups in total. The maximum atomic E-state index is 11.2. The predicted molar refractivity (Wildman–Crippen MR) is 68.9 cm³/mol. The third-order valence-electron chi connectivity index (χ3n) is 2.56. The second kappa shape index (κ2) is 5.15. The molecule has 0 saturated carbocycles. The molecule has 0 radical (unpaired) electrons. The fraction of sp³-hybridized carbons (Fsp3) is 0.357. The molecule has 1 aromatic rings. The molecule has 1 aromatic carbocycles. The minimum absolute atomic E-state index is 0.452. The van der Waals surface area contributed by atoms with Crippen molar-refractivity contribution in [3.8, 4) is 5.75 Å². The molecule has 1 rings (SSSR count). The first kappa shape index (κ1) is 13.5. The van der Waals surface area contributed by atoms with Crippen molar-refractivity contribution in [2.45, 2.75) is 32.7 Å². The van der Waals surface area contributed by atoms with Gasteiger partial charge in [-0.1, -0.05) is 25.6 Å². The summed E-state index contributed by atoms with van der Waals surface area (Å²) >= 11 is 0. The zero-order valence-electron chi connectivity index (χ0n) is 10.6. The molecule has 3 heteroatoms. The van der Waals surface area contributed by atoms with Crippen molar-refractivity contribution in [3.63, 3.8) is 0 Å². The lowest BCUT2D eigenvalue weighted by Crippen LogP contribution is -2.30. The maximum Gasteiger partial charge on any atom is 0.335 e. The van der Waals surface area contributed by atoms with Crippen LogP contribution in [0, 0.1) is 0 Å². The van der Waals surface area contributed by atoms with Crippen LogP contribution < -0.4 is 10.5 Å². The molecule has 0 aromatic heterocycles. The topological polar surface area (TPSA) is 52.3 Å². The number of esters is 1. The van der Waals surface area contributed by atoms with Crippen molar-refractivity contribution in [2.24, 2.45) is 5.73 Å². The van der Waals surface area contributed by atoms with E-state index in [1.165, 1.54) is 0 Å². The highest BCUT2D eigenvalue weighted by molar-refractivity contribution is 5.83. The van der Waals surface area contributed by atoms with Gasteiger partial charge in [0.15, 0.2) is 0 Å². The standard InChI is InChI=1S/C14H19NO2/c1-5-10-11(14(3,4)15)8-7-9-12(10)17-13(16)6-2/h6-9H,2,5,15H2,1,3-4H3. The fourth-order valence-corrected chi connectivity index (χ4v) is 1.78. The Hall–Kier alpha value is -1.61. The minimum atomic E-state index is -0.456. The zero-order valence-corrected chi connectivity index (χ0v) is 10.6. The van der Waals surface area contributed by atoms with Gasteiger partial charge in [0.2, 0.25) is 0 Å². The lowest BCUT2D eigenvalue weighted by molar-refractivity contribution is -0.129. The molecular formula is C14H19NO2. The molecule has 17 heavy (non-hydrogen) atoms. The van der Waals surface area contributed by atoms with E-state index < -0.39 is 11.5 Å². The van der Waals surface area contributed by atoms with E-state index in [4.69, 9.17) is 10.5 Å². The second-order valence-corrected chi connectivity index (χ2v) is 4.48. The fourth-order valence-electron chi connectivity index (χ4n) is 1.78. The van der Waals surface area contributed by atoms with Crippen LogP contribution in [0.25, 0.3) is 0 Å². The minimum Gasteiger partial charge on any atom is -0.423 e. The van der Waals surface area contributed by atoms with Gasteiger partial charge in [-0.25, -0.2) is 4.79 Å². The summed E-state index contributed by atoms with van der Waals surface area (Å²) in [4.78, 5) is 11.2. The Bertz CT molecular complexity index is 430. The van der Waals surface area contributed by atoms with Gasteiger partial charge in [0.25, 0.3) is 0 Å². The first-order valence-corrected chi connectivity index (χ1v) is 5.65. The van der Waals surface area contributed by atoms with Crippen molar-refractivity contribution in [1.82, 2.24) is 0 Å². The second-order valence-electron chi connectivity index (χ2n) is 4.48. The van der Waals surface area contributed by atoms with Crippen LogP contribution in [0.3, 0.4) is 0 Å². The number of benzene rings is 1. The van der Waals surface area contributed by atoms with Crippen LogP contribution in [0.1, 0.15) is 31.9 Å². The van der Waals surface area contributed by atoms with E-state index >= 15 is 0 Å². The van der Waals surface area contributed by atoms with E-state index in [-0.39, 0.29) is 0 Å². The average molecular weight is 233 g/mol. The molecule has 0 unspecified atom stereocenters. The van der Waals surface area contributed by atoms with Crippen molar-refractivity contribution >= 4 is 5.97 Å². The Labute approximate surface area is 102 Å². The molecule has 0 amide bonds. The number of carbonyl (C=O) groups excluding carboxylic acids is 1. The average Bonchev–Trinajstić information content (AvgIpc) is 2.27. The number of hydrogen-bond acceptors (Lipinski definition) is 3. The van der Waals surface area contributed by atoms with Crippen LogP contribution in [-0.2, 0) is 16.8 Å².